The molecule has 2 amide bonds. The molecule has 0 unspecified atom stereocenters. The van der Waals surface area contributed by atoms with Crippen molar-refractivity contribution in [1.82, 2.24) is 5.01 Å². The molecule has 9 heteroatoms. The average molecular weight is 496 g/mol. The second-order valence-corrected chi connectivity index (χ2v) is 8.99. The van der Waals surface area contributed by atoms with Crippen molar-refractivity contribution in [3.05, 3.63) is 80.3 Å². The van der Waals surface area contributed by atoms with E-state index in [9.17, 15) is 19.7 Å². The summed E-state index contributed by atoms with van der Waals surface area (Å²) in [6.45, 7) is 0.250. The van der Waals surface area contributed by atoms with Gasteiger partial charge in [0.25, 0.3) is 17.5 Å². The molecule has 2 aliphatic carbocycles. The highest BCUT2D eigenvalue weighted by Crippen LogP contribution is 2.52. The van der Waals surface area contributed by atoms with Crippen LogP contribution in [-0.2, 0) is 16.2 Å². The molecule has 1 saturated carbocycles. The van der Waals surface area contributed by atoms with Gasteiger partial charge in [0.15, 0.2) is 0 Å². The summed E-state index contributed by atoms with van der Waals surface area (Å²) < 4.78 is 6.47. The van der Waals surface area contributed by atoms with Gasteiger partial charge < -0.3 is 4.74 Å². The molecule has 3 aliphatic rings. The first-order chi connectivity index (χ1) is 15.4. The Labute approximate surface area is 191 Å². The second kappa shape index (κ2) is 7.98. The molecular formula is C23H18BrN3O5. The zero-order chi connectivity index (χ0) is 22.4. The molecule has 2 bridgehead atoms. The summed E-state index contributed by atoms with van der Waals surface area (Å²) in [4.78, 5) is 35.7. The van der Waals surface area contributed by atoms with E-state index in [2.05, 4.69) is 33.2 Å². The normalized spacial score (nSPS) is 25.7. The monoisotopic (exact) mass is 495 g/mol. The standard InChI is InChI=1S/C23H18BrN3O5/c24-18-9-14(3-8-19(18)32-12-13-1-6-17(7-2-13)27(30)31)11-25-26-22(28)20-15-4-5-16(10-15)21(20)23(26)29/h1-9,11,15-16,20-21H,10,12H2/b25-11-/t15-,16-,20-,21-/m0/s1. The van der Waals surface area contributed by atoms with Gasteiger partial charge in [-0.3, -0.25) is 19.7 Å². The Balaban J connectivity index is 1.24. The van der Waals surface area contributed by atoms with Gasteiger partial charge in [-0.1, -0.05) is 12.2 Å². The first kappa shape index (κ1) is 20.6. The Morgan fingerprint density at radius 2 is 1.75 bits per heavy atom. The van der Waals surface area contributed by atoms with Gasteiger partial charge in [0.1, 0.15) is 12.4 Å². The van der Waals surface area contributed by atoms with Crippen LogP contribution in [0.2, 0.25) is 0 Å². The van der Waals surface area contributed by atoms with E-state index < -0.39 is 4.92 Å². The Morgan fingerprint density at radius 1 is 1.09 bits per heavy atom. The number of allylic oxidation sites excluding steroid dienone is 2. The third-order valence-corrected chi connectivity index (χ3v) is 6.89. The quantitative estimate of drug-likeness (QED) is 0.197. The van der Waals surface area contributed by atoms with Crippen molar-refractivity contribution < 1.29 is 19.2 Å². The van der Waals surface area contributed by atoms with Crippen LogP contribution < -0.4 is 4.74 Å². The first-order valence-electron chi connectivity index (χ1n) is 10.2. The van der Waals surface area contributed by atoms with Gasteiger partial charge in [-0.2, -0.15) is 10.1 Å². The van der Waals surface area contributed by atoms with Crippen molar-refractivity contribution in [2.24, 2.45) is 28.8 Å². The van der Waals surface area contributed by atoms with Gasteiger partial charge in [0.05, 0.1) is 27.4 Å². The maximum atomic E-state index is 12.7. The zero-order valence-corrected chi connectivity index (χ0v) is 18.3. The van der Waals surface area contributed by atoms with Crippen molar-refractivity contribution in [3.8, 4) is 5.75 Å². The molecule has 2 fully saturated rings. The fourth-order valence-corrected chi connectivity index (χ4v) is 5.23. The minimum atomic E-state index is -0.446. The van der Waals surface area contributed by atoms with Gasteiger partial charge in [0, 0.05) is 12.1 Å². The van der Waals surface area contributed by atoms with Crippen LogP contribution in [0.15, 0.2) is 64.2 Å². The van der Waals surface area contributed by atoms with Gasteiger partial charge in [-0.25, -0.2) is 0 Å². The highest BCUT2D eigenvalue weighted by atomic mass is 79.9. The minimum Gasteiger partial charge on any atom is -0.488 e. The lowest BCUT2D eigenvalue weighted by Gasteiger charge is -2.13. The molecule has 2 aromatic carbocycles. The summed E-state index contributed by atoms with van der Waals surface area (Å²) in [5, 5.41) is 15.9. The number of benzene rings is 2. The lowest BCUT2D eigenvalue weighted by Crippen LogP contribution is -2.28. The van der Waals surface area contributed by atoms with Crippen LogP contribution in [-0.4, -0.2) is 28.0 Å². The Kier molecular flexibility index (Phi) is 5.13. The van der Waals surface area contributed by atoms with Crippen molar-refractivity contribution in [1.29, 1.82) is 0 Å². The topological polar surface area (TPSA) is 102 Å². The van der Waals surface area contributed by atoms with E-state index in [0.717, 1.165) is 17.0 Å². The molecule has 0 radical (unpaired) electrons. The number of fused-ring (bicyclic) bond motifs is 5. The third-order valence-electron chi connectivity index (χ3n) is 6.27. The summed E-state index contributed by atoms with van der Waals surface area (Å²) >= 11 is 3.46. The first-order valence-corrected chi connectivity index (χ1v) is 11.0. The zero-order valence-electron chi connectivity index (χ0n) is 16.8. The Morgan fingerprint density at radius 3 is 2.34 bits per heavy atom. The number of nitrogens with zero attached hydrogens (tertiary/aromatic N) is 3. The molecular weight excluding hydrogens is 478 g/mol. The predicted octanol–water partition coefficient (Wildman–Crippen LogP) is 4.08. The molecule has 0 spiro atoms. The number of hydrogen-bond donors (Lipinski definition) is 0. The van der Waals surface area contributed by atoms with Crippen LogP contribution in [0.25, 0.3) is 0 Å². The van der Waals surface area contributed by atoms with Crippen molar-refractivity contribution in [3.63, 3.8) is 0 Å². The van der Waals surface area contributed by atoms with Gasteiger partial charge >= 0.3 is 0 Å². The lowest BCUT2D eigenvalue weighted by atomic mass is 9.85. The molecule has 0 aromatic heterocycles. The van der Waals surface area contributed by atoms with E-state index >= 15 is 0 Å². The number of non-ortho nitro benzene ring substituents is 1. The largest absolute Gasteiger partial charge is 0.488 e. The minimum absolute atomic E-state index is 0.0288. The van der Waals surface area contributed by atoms with E-state index in [4.69, 9.17) is 4.74 Å². The number of imide groups is 1. The van der Waals surface area contributed by atoms with E-state index in [-0.39, 0.29) is 47.8 Å². The highest BCUT2D eigenvalue weighted by Gasteiger charge is 2.59. The Hall–Kier alpha value is -3.33. The Bertz CT molecular complexity index is 1150. The van der Waals surface area contributed by atoms with Crippen molar-refractivity contribution in [2.75, 3.05) is 0 Å². The molecule has 1 saturated heterocycles. The van der Waals surface area contributed by atoms with E-state index in [1.807, 2.05) is 0 Å². The van der Waals surface area contributed by atoms with Crippen LogP contribution in [0.5, 0.6) is 5.75 Å². The number of nitro groups is 1. The number of carbonyl (C=O) groups is 2. The number of nitro benzene ring substituents is 1. The summed E-state index contributed by atoms with van der Waals surface area (Å²) in [6, 6.07) is 11.5. The van der Waals surface area contributed by atoms with Crippen LogP contribution >= 0.6 is 15.9 Å². The lowest BCUT2D eigenvalue weighted by molar-refractivity contribution is -0.384. The number of amides is 2. The molecule has 32 heavy (non-hydrogen) atoms. The molecule has 8 nitrogen and oxygen atoms in total. The fourth-order valence-electron chi connectivity index (χ4n) is 4.71. The number of rotatable bonds is 6. The maximum absolute atomic E-state index is 12.7. The summed E-state index contributed by atoms with van der Waals surface area (Å²) in [5.41, 5.74) is 1.53. The van der Waals surface area contributed by atoms with Crippen LogP contribution in [0, 0.1) is 33.8 Å². The number of hydrogen-bond acceptors (Lipinski definition) is 6. The summed E-state index contributed by atoms with van der Waals surface area (Å²) in [7, 11) is 0. The molecule has 1 aliphatic heterocycles. The molecule has 1 heterocycles. The second-order valence-electron chi connectivity index (χ2n) is 8.13. The SMILES string of the molecule is O=C1[C@@H]2[C@@H](C(=O)N1/N=C\c1ccc(OCc3ccc([N+](=O)[O-])cc3)c(Br)c1)[C@H]1C=C[C@H]2C1. The van der Waals surface area contributed by atoms with Crippen LogP contribution in [0.3, 0.4) is 0 Å². The third kappa shape index (κ3) is 3.52. The van der Waals surface area contributed by atoms with Crippen LogP contribution in [0.1, 0.15) is 17.5 Å². The van der Waals surface area contributed by atoms with E-state index in [0.29, 0.717) is 15.8 Å². The number of halogens is 1. The molecule has 5 rings (SSSR count). The fraction of sp³-hybridized carbons (Fsp3) is 0.261. The number of carbonyl (C=O) groups excluding carboxylic acids is 2. The molecule has 4 atom stereocenters. The summed E-state index contributed by atoms with van der Waals surface area (Å²) in [5.74, 6) is -0.0597. The predicted molar refractivity (Wildman–Crippen MR) is 119 cm³/mol. The van der Waals surface area contributed by atoms with Gasteiger partial charge in [-0.15, -0.1) is 0 Å². The molecule has 2 aromatic rings. The van der Waals surface area contributed by atoms with E-state index in [1.165, 1.54) is 18.3 Å². The smallest absolute Gasteiger partial charge is 0.269 e. The van der Waals surface area contributed by atoms with Gasteiger partial charge in [0.2, 0.25) is 0 Å². The average Bonchev–Trinajstić information content (AvgIpc) is 3.46. The number of ether oxygens (including phenoxy) is 1. The highest BCUT2D eigenvalue weighted by molar-refractivity contribution is 9.10. The van der Waals surface area contributed by atoms with Crippen molar-refractivity contribution in [2.45, 2.75) is 13.0 Å². The molecule has 162 valence electrons. The van der Waals surface area contributed by atoms with Crippen molar-refractivity contribution >= 4 is 39.6 Å². The number of hydrazone groups is 1. The molecule has 0 N–H and O–H groups in total. The summed E-state index contributed by atoms with van der Waals surface area (Å²) in [6.07, 6.45) is 6.49. The van der Waals surface area contributed by atoms with Gasteiger partial charge in [-0.05, 0) is 75.6 Å². The maximum Gasteiger partial charge on any atom is 0.269 e. The van der Waals surface area contributed by atoms with E-state index in [1.54, 1.807) is 30.3 Å². The van der Waals surface area contributed by atoms with Crippen LogP contribution in [0.4, 0.5) is 5.69 Å².